The van der Waals surface area contributed by atoms with Crippen molar-refractivity contribution in [3.63, 3.8) is 0 Å². The van der Waals surface area contributed by atoms with Gasteiger partial charge in [0.1, 0.15) is 11.5 Å². The summed E-state index contributed by atoms with van der Waals surface area (Å²) in [6.45, 7) is 0. The van der Waals surface area contributed by atoms with Crippen LogP contribution in [0.5, 0.6) is 0 Å². The molecule has 84 valence electrons. The van der Waals surface area contributed by atoms with Crippen molar-refractivity contribution in [1.82, 2.24) is 5.16 Å². The van der Waals surface area contributed by atoms with Crippen molar-refractivity contribution in [2.75, 3.05) is 7.05 Å². The number of carbonyl (C=O) groups is 1. The molecule has 0 fully saturated rings. The highest BCUT2D eigenvalue weighted by atomic mass is 19.1. The van der Waals surface area contributed by atoms with Gasteiger partial charge in [-0.3, -0.25) is 4.79 Å². The van der Waals surface area contributed by atoms with E-state index in [4.69, 9.17) is 4.52 Å². The Morgan fingerprint density at radius 1 is 1.38 bits per heavy atom. The van der Waals surface area contributed by atoms with E-state index in [1.54, 1.807) is 12.1 Å². The van der Waals surface area contributed by atoms with Crippen LogP contribution in [0, 0.1) is 5.82 Å². The zero-order valence-corrected chi connectivity index (χ0v) is 8.68. The molecule has 2 aromatic rings. The van der Waals surface area contributed by atoms with E-state index in [-0.39, 0.29) is 11.5 Å². The number of hydrogen-bond donors (Lipinski definition) is 1. The van der Waals surface area contributed by atoms with Gasteiger partial charge in [-0.15, -0.1) is 0 Å². The fraction of sp³-hybridized carbons (Fsp3) is 0.0909. The first-order chi connectivity index (χ1) is 7.79. The number of carbonyl (C=O) groups excluding carboxylic acids is 1. The number of halogens is 1. The van der Waals surface area contributed by atoms with Crippen LogP contribution in [0.1, 0.15) is 10.5 Å². The fourth-order valence-electron chi connectivity index (χ4n) is 1.12. The van der Waals surface area contributed by atoms with E-state index in [2.05, 4.69) is 10.9 Å². The van der Waals surface area contributed by atoms with Gasteiger partial charge in [0.2, 0.25) is 0 Å². The van der Waals surface area contributed by atoms with Gasteiger partial charge in [-0.05, 0) is 19.2 Å². The highest BCUT2D eigenvalue weighted by Crippen LogP contribution is 2.20. The highest BCUT2D eigenvalue weighted by molar-refractivity contribution is 5.74. The number of rotatable bonds is 2. The van der Waals surface area contributed by atoms with Crippen LogP contribution < -0.4 is 5.73 Å². The average molecular weight is 222 g/mol. The van der Waals surface area contributed by atoms with Crippen molar-refractivity contribution in [3.05, 3.63) is 41.8 Å². The second-order valence-electron chi connectivity index (χ2n) is 2.74. The molecule has 0 spiro atoms. The molecule has 16 heavy (non-hydrogen) atoms. The Kier molecular flexibility index (Phi) is 4.35. The lowest BCUT2D eigenvalue weighted by Gasteiger charge is -1.93. The van der Waals surface area contributed by atoms with Gasteiger partial charge in [0.15, 0.2) is 12.0 Å². The predicted octanol–water partition coefficient (Wildman–Crippen LogP) is 1.87. The molecule has 5 heteroatoms. The van der Waals surface area contributed by atoms with Crippen molar-refractivity contribution in [2.45, 2.75) is 0 Å². The maximum atomic E-state index is 12.8. The Morgan fingerprint density at radius 2 is 2.12 bits per heavy atom. The smallest absolute Gasteiger partial charge is 0.171 e. The monoisotopic (exact) mass is 222 g/mol. The van der Waals surface area contributed by atoms with Gasteiger partial charge in [0, 0.05) is 11.6 Å². The first-order valence-corrected chi connectivity index (χ1v) is 4.55. The number of aldehydes is 1. The summed E-state index contributed by atoms with van der Waals surface area (Å²) in [4.78, 5) is 10.3. The van der Waals surface area contributed by atoms with Gasteiger partial charge in [-0.25, -0.2) is 4.39 Å². The standard InChI is InChI=1S/C10H6FNO2.CH5N/c11-8-3-1-2-7(4-8)10-5-9(6-13)12-14-10;1-2/h1-6H;2H2,1H3. The zero-order chi connectivity index (χ0) is 12.0. The van der Waals surface area contributed by atoms with E-state index in [1.807, 2.05) is 0 Å². The van der Waals surface area contributed by atoms with Gasteiger partial charge in [0.25, 0.3) is 0 Å². The molecule has 0 aliphatic carbocycles. The second kappa shape index (κ2) is 5.77. The SMILES string of the molecule is CN.O=Cc1cc(-c2cccc(F)c2)on1. The van der Waals surface area contributed by atoms with Crippen LogP contribution in [-0.4, -0.2) is 18.5 Å². The second-order valence-corrected chi connectivity index (χ2v) is 2.74. The predicted molar refractivity (Wildman–Crippen MR) is 57.4 cm³/mol. The topological polar surface area (TPSA) is 69.1 Å². The van der Waals surface area contributed by atoms with Crippen LogP contribution in [0.25, 0.3) is 11.3 Å². The van der Waals surface area contributed by atoms with Crippen LogP contribution in [-0.2, 0) is 0 Å². The average Bonchev–Trinajstić information content (AvgIpc) is 2.80. The molecule has 1 aromatic heterocycles. The quantitative estimate of drug-likeness (QED) is 0.787. The Bertz CT molecular complexity index is 469. The molecule has 0 amide bonds. The third-order valence-corrected chi connectivity index (χ3v) is 1.76. The number of nitrogens with zero attached hydrogens (tertiary/aromatic N) is 1. The molecule has 1 aromatic carbocycles. The van der Waals surface area contributed by atoms with Gasteiger partial charge in [-0.2, -0.15) is 0 Å². The van der Waals surface area contributed by atoms with Crippen molar-refractivity contribution in [3.8, 4) is 11.3 Å². The normalized spacial score (nSPS) is 9.19. The molecule has 2 N–H and O–H groups in total. The molecule has 0 aliphatic heterocycles. The minimum absolute atomic E-state index is 0.198. The third kappa shape index (κ3) is 2.74. The highest BCUT2D eigenvalue weighted by Gasteiger charge is 2.06. The van der Waals surface area contributed by atoms with E-state index in [0.717, 1.165) is 0 Å². The van der Waals surface area contributed by atoms with Crippen LogP contribution in [0.3, 0.4) is 0 Å². The van der Waals surface area contributed by atoms with Crippen molar-refractivity contribution in [1.29, 1.82) is 0 Å². The first kappa shape index (κ1) is 12.1. The van der Waals surface area contributed by atoms with E-state index in [9.17, 15) is 9.18 Å². The molecule has 0 unspecified atom stereocenters. The lowest BCUT2D eigenvalue weighted by Crippen LogP contribution is -1.76. The van der Waals surface area contributed by atoms with E-state index < -0.39 is 0 Å². The lowest BCUT2D eigenvalue weighted by atomic mass is 10.1. The molecule has 0 bridgehead atoms. The first-order valence-electron chi connectivity index (χ1n) is 4.55. The summed E-state index contributed by atoms with van der Waals surface area (Å²) in [5, 5.41) is 3.48. The Labute approximate surface area is 91.9 Å². The summed E-state index contributed by atoms with van der Waals surface area (Å²) in [6.07, 6.45) is 0.576. The largest absolute Gasteiger partial charge is 0.356 e. The van der Waals surface area contributed by atoms with E-state index in [1.165, 1.54) is 25.2 Å². The molecule has 0 saturated carbocycles. The maximum absolute atomic E-state index is 12.8. The zero-order valence-electron chi connectivity index (χ0n) is 8.68. The maximum Gasteiger partial charge on any atom is 0.171 e. The van der Waals surface area contributed by atoms with Crippen molar-refractivity contribution in [2.24, 2.45) is 5.73 Å². The molecular formula is C11H11FN2O2. The summed E-state index contributed by atoms with van der Waals surface area (Å²) in [5.74, 6) is 0.0261. The summed E-state index contributed by atoms with van der Waals surface area (Å²) < 4.78 is 17.7. The molecule has 2 rings (SSSR count). The summed E-state index contributed by atoms with van der Waals surface area (Å²) in [6, 6.07) is 7.35. The summed E-state index contributed by atoms with van der Waals surface area (Å²) in [7, 11) is 1.50. The summed E-state index contributed by atoms with van der Waals surface area (Å²) >= 11 is 0. The van der Waals surface area contributed by atoms with Gasteiger partial charge in [-0.1, -0.05) is 17.3 Å². The Balaban J connectivity index is 0.000000606. The molecular weight excluding hydrogens is 211 g/mol. The van der Waals surface area contributed by atoms with E-state index >= 15 is 0 Å². The van der Waals surface area contributed by atoms with Gasteiger partial charge < -0.3 is 10.3 Å². The fourth-order valence-corrected chi connectivity index (χ4v) is 1.12. The van der Waals surface area contributed by atoms with Gasteiger partial charge >= 0.3 is 0 Å². The molecule has 0 atom stereocenters. The number of nitrogens with two attached hydrogens (primary N) is 1. The van der Waals surface area contributed by atoms with Crippen LogP contribution in [0.2, 0.25) is 0 Å². The van der Waals surface area contributed by atoms with Crippen molar-refractivity contribution < 1.29 is 13.7 Å². The van der Waals surface area contributed by atoms with Crippen LogP contribution in [0.4, 0.5) is 4.39 Å². The molecule has 0 saturated heterocycles. The number of benzene rings is 1. The third-order valence-electron chi connectivity index (χ3n) is 1.76. The van der Waals surface area contributed by atoms with E-state index in [0.29, 0.717) is 17.6 Å². The molecule has 0 radical (unpaired) electrons. The Morgan fingerprint density at radius 3 is 2.69 bits per heavy atom. The molecule has 1 heterocycles. The van der Waals surface area contributed by atoms with Gasteiger partial charge in [0.05, 0.1) is 0 Å². The van der Waals surface area contributed by atoms with Crippen LogP contribution in [0.15, 0.2) is 34.9 Å². The minimum Gasteiger partial charge on any atom is -0.356 e. The van der Waals surface area contributed by atoms with Crippen molar-refractivity contribution >= 4 is 6.29 Å². The summed E-state index contributed by atoms with van der Waals surface area (Å²) in [5.41, 5.74) is 5.26. The minimum atomic E-state index is -0.355. The molecule has 4 nitrogen and oxygen atoms in total. The lowest BCUT2D eigenvalue weighted by molar-refractivity contribution is 0.111. The number of aromatic nitrogens is 1. The number of hydrogen-bond acceptors (Lipinski definition) is 4. The van der Waals surface area contributed by atoms with Crippen LogP contribution >= 0.6 is 0 Å². The Hall–Kier alpha value is -2.01. The molecule has 0 aliphatic rings.